The van der Waals surface area contributed by atoms with E-state index in [9.17, 15) is 0 Å². The quantitative estimate of drug-likeness (QED) is 0.911. The van der Waals surface area contributed by atoms with Gasteiger partial charge in [-0.3, -0.25) is 4.98 Å². The first-order valence-electron chi connectivity index (χ1n) is 4.04. The molecule has 0 spiro atoms. The van der Waals surface area contributed by atoms with E-state index in [1.807, 2.05) is 25.5 Å². The molecule has 72 valence electrons. The van der Waals surface area contributed by atoms with Crippen LogP contribution in [0.4, 0.5) is 5.13 Å². The monoisotopic (exact) mass is 269 g/mol. The van der Waals surface area contributed by atoms with E-state index in [1.54, 1.807) is 17.5 Å². The van der Waals surface area contributed by atoms with Gasteiger partial charge in [0.25, 0.3) is 0 Å². The average Bonchev–Trinajstić information content (AvgIpc) is 2.66. The average molecular weight is 270 g/mol. The van der Waals surface area contributed by atoms with Gasteiger partial charge in [0, 0.05) is 35.7 Å². The Bertz CT molecular complexity index is 441. The fraction of sp³-hybridized carbons (Fsp3) is 0.111. The summed E-state index contributed by atoms with van der Waals surface area (Å²) < 4.78 is 0.981. The van der Waals surface area contributed by atoms with Crippen molar-refractivity contribution >= 4 is 32.4 Å². The molecule has 0 aliphatic carbocycles. The van der Waals surface area contributed by atoms with Crippen molar-refractivity contribution in [2.45, 2.75) is 0 Å². The number of hydrogen-bond donors (Lipinski definition) is 1. The number of halogens is 1. The molecule has 0 atom stereocenters. The molecule has 2 rings (SSSR count). The Morgan fingerprint density at radius 1 is 1.36 bits per heavy atom. The summed E-state index contributed by atoms with van der Waals surface area (Å²) >= 11 is 5.00. The van der Waals surface area contributed by atoms with Crippen molar-refractivity contribution in [3.63, 3.8) is 0 Å². The lowest BCUT2D eigenvalue weighted by molar-refractivity contribution is 1.31. The summed E-state index contributed by atoms with van der Waals surface area (Å²) in [4.78, 5) is 9.43. The first-order valence-corrected chi connectivity index (χ1v) is 5.65. The van der Waals surface area contributed by atoms with Gasteiger partial charge in [-0.05, 0) is 22.0 Å². The highest BCUT2D eigenvalue weighted by Gasteiger charge is 2.03. The van der Waals surface area contributed by atoms with Crippen molar-refractivity contribution < 1.29 is 0 Å². The maximum Gasteiger partial charge on any atom is 0.182 e. The summed E-state index contributed by atoms with van der Waals surface area (Å²) in [6.45, 7) is 0. The van der Waals surface area contributed by atoms with Gasteiger partial charge in [-0.15, -0.1) is 0 Å². The van der Waals surface area contributed by atoms with E-state index in [-0.39, 0.29) is 0 Å². The van der Waals surface area contributed by atoms with Crippen LogP contribution in [0, 0.1) is 0 Å². The van der Waals surface area contributed by atoms with E-state index in [4.69, 9.17) is 0 Å². The van der Waals surface area contributed by atoms with Gasteiger partial charge < -0.3 is 5.32 Å². The minimum absolute atomic E-state index is 0.917. The summed E-state index contributed by atoms with van der Waals surface area (Å²) in [6.07, 6.45) is 5.45. The molecule has 0 saturated heterocycles. The maximum absolute atomic E-state index is 4.21. The molecule has 0 bridgehead atoms. The maximum atomic E-state index is 4.21. The van der Waals surface area contributed by atoms with E-state index >= 15 is 0 Å². The Morgan fingerprint density at radius 2 is 2.21 bits per heavy atom. The Morgan fingerprint density at radius 3 is 2.86 bits per heavy atom. The zero-order valence-corrected chi connectivity index (χ0v) is 9.89. The molecule has 5 heteroatoms. The summed E-state index contributed by atoms with van der Waals surface area (Å²) in [5.41, 5.74) is 1.08. The van der Waals surface area contributed by atoms with Crippen LogP contribution < -0.4 is 5.32 Å². The molecule has 0 unspecified atom stereocenters. The molecule has 0 radical (unpaired) electrons. The zero-order chi connectivity index (χ0) is 9.97. The van der Waals surface area contributed by atoms with Crippen molar-refractivity contribution in [1.29, 1.82) is 0 Å². The molecule has 0 aliphatic heterocycles. The molecule has 0 amide bonds. The second-order valence-electron chi connectivity index (χ2n) is 2.67. The predicted octanol–water partition coefficient (Wildman–Crippen LogP) is 3.01. The van der Waals surface area contributed by atoms with Crippen LogP contribution in [0.25, 0.3) is 10.4 Å². The summed E-state index contributed by atoms with van der Waals surface area (Å²) in [5.74, 6) is 0. The second-order valence-corrected chi connectivity index (χ2v) is 4.62. The van der Waals surface area contributed by atoms with Crippen molar-refractivity contribution in [3.05, 3.63) is 29.1 Å². The molecule has 3 nitrogen and oxygen atoms in total. The summed E-state index contributed by atoms with van der Waals surface area (Å²) in [6, 6.07) is 2.03. The van der Waals surface area contributed by atoms with Crippen LogP contribution in [-0.2, 0) is 0 Å². The summed E-state index contributed by atoms with van der Waals surface area (Å²) in [7, 11) is 1.86. The van der Waals surface area contributed by atoms with Crippen molar-refractivity contribution in [3.8, 4) is 10.4 Å². The third-order valence-corrected chi connectivity index (χ3v) is 3.21. The van der Waals surface area contributed by atoms with Gasteiger partial charge >= 0.3 is 0 Å². The number of pyridine rings is 1. The Hall–Kier alpha value is -0.940. The number of thiazole rings is 1. The van der Waals surface area contributed by atoms with Crippen LogP contribution >= 0.6 is 27.3 Å². The van der Waals surface area contributed by atoms with E-state index in [0.717, 1.165) is 20.0 Å². The van der Waals surface area contributed by atoms with Gasteiger partial charge in [-0.2, -0.15) is 0 Å². The van der Waals surface area contributed by atoms with E-state index in [2.05, 4.69) is 31.2 Å². The molecular formula is C9H8BrN3S. The van der Waals surface area contributed by atoms with E-state index < -0.39 is 0 Å². The van der Waals surface area contributed by atoms with Crippen LogP contribution in [0.5, 0.6) is 0 Å². The lowest BCUT2D eigenvalue weighted by Crippen LogP contribution is -1.83. The molecule has 0 aromatic carbocycles. The third kappa shape index (κ3) is 1.93. The smallest absolute Gasteiger partial charge is 0.182 e. The van der Waals surface area contributed by atoms with Crippen LogP contribution in [0.3, 0.4) is 0 Å². The first kappa shape index (κ1) is 9.61. The molecule has 0 saturated carbocycles. The Kier molecular flexibility index (Phi) is 2.79. The second kappa shape index (κ2) is 4.06. The fourth-order valence-corrected chi connectivity index (χ4v) is 2.19. The van der Waals surface area contributed by atoms with Crippen LogP contribution in [0.2, 0.25) is 0 Å². The molecule has 2 heterocycles. The molecule has 1 N–H and O–H groups in total. The normalized spacial score (nSPS) is 10.1. The van der Waals surface area contributed by atoms with Gasteiger partial charge in [0.15, 0.2) is 5.13 Å². The predicted molar refractivity (Wildman–Crippen MR) is 62.6 cm³/mol. The van der Waals surface area contributed by atoms with Crippen LogP contribution in [0.1, 0.15) is 0 Å². The topological polar surface area (TPSA) is 37.8 Å². The lowest BCUT2D eigenvalue weighted by atomic mass is 10.3. The van der Waals surface area contributed by atoms with Gasteiger partial charge in [0.2, 0.25) is 0 Å². The van der Waals surface area contributed by atoms with Gasteiger partial charge in [-0.25, -0.2) is 4.98 Å². The fourth-order valence-electron chi connectivity index (χ4n) is 1.07. The Labute approximate surface area is 94.4 Å². The van der Waals surface area contributed by atoms with Gasteiger partial charge in [0.05, 0.1) is 4.88 Å². The molecule has 2 aromatic heterocycles. The van der Waals surface area contributed by atoms with Gasteiger partial charge in [0.1, 0.15) is 0 Å². The molecule has 0 fully saturated rings. The highest BCUT2D eigenvalue weighted by atomic mass is 79.9. The molecular weight excluding hydrogens is 262 g/mol. The lowest BCUT2D eigenvalue weighted by Gasteiger charge is -1.95. The first-order chi connectivity index (χ1) is 6.79. The van der Waals surface area contributed by atoms with Crippen molar-refractivity contribution in [2.24, 2.45) is 0 Å². The van der Waals surface area contributed by atoms with E-state index in [0.29, 0.717) is 0 Å². The van der Waals surface area contributed by atoms with Crippen LogP contribution in [-0.4, -0.2) is 17.0 Å². The Balaban J connectivity index is 2.39. The highest BCUT2D eigenvalue weighted by molar-refractivity contribution is 9.10. The minimum atomic E-state index is 0.917. The van der Waals surface area contributed by atoms with E-state index in [1.165, 1.54) is 0 Å². The standard InChI is InChI=1S/C9H8BrN3S/c1-11-9-13-5-8(14-9)6-2-7(10)4-12-3-6/h2-5H,1H3,(H,11,13). The minimum Gasteiger partial charge on any atom is -0.365 e. The third-order valence-electron chi connectivity index (χ3n) is 1.71. The van der Waals surface area contributed by atoms with Crippen LogP contribution in [0.15, 0.2) is 29.1 Å². The van der Waals surface area contributed by atoms with Gasteiger partial charge in [-0.1, -0.05) is 11.3 Å². The largest absolute Gasteiger partial charge is 0.365 e. The SMILES string of the molecule is CNc1ncc(-c2cncc(Br)c2)s1. The number of nitrogens with one attached hydrogen (secondary N) is 1. The number of anilines is 1. The number of nitrogens with zero attached hydrogens (tertiary/aromatic N) is 2. The van der Waals surface area contributed by atoms with Crippen molar-refractivity contribution in [2.75, 3.05) is 12.4 Å². The molecule has 0 aliphatic rings. The highest BCUT2D eigenvalue weighted by Crippen LogP contribution is 2.29. The number of rotatable bonds is 2. The number of hydrogen-bond acceptors (Lipinski definition) is 4. The van der Waals surface area contributed by atoms with Crippen molar-refractivity contribution in [1.82, 2.24) is 9.97 Å². The number of aromatic nitrogens is 2. The molecule has 14 heavy (non-hydrogen) atoms. The zero-order valence-electron chi connectivity index (χ0n) is 7.49. The molecule has 2 aromatic rings. The summed E-state index contributed by atoms with van der Waals surface area (Å²) in [5, 5.41) is 3.92.